The maximum Gasteiger partial charge on any atom is 0.258 e. The summed E-state index contributed by atoms with van der Waals surface area (Å²) in [7, 11) is 1.59. The first-order valence-corrected chi connectivity index (χ1v) is 12.4. The third-order valence-electron chi connectivity index (χ3n) is 7.13. The number of piperidine rings is 1. The molecule has 34 heavy (non-hydrogen) atoms. The Kier molecular flexibility index (Phi) is 6.79. The molecule has 1 saturated heterocycles. The number of rotatable bonds is 8. The highest BCUT2D eigenvalue weighted by atomic mass is 35.5. The highest BCUT2D eigenvalue weighted by molar-refractivity contribution is 6.32. The van der Waals surface area contributed by atoms with Crippen LogP contribution in [0.3, 0.4) is 0 Å². The van der Waals surface area contributed by atoms with Gasteiger partial charge in [0.25, 0.3) is 5.91 Å². The van der Waals surface area contributed by atoms with Crippen LogP contribution in [0, 0.1) is 11.8 Å². The first kappa shape index (κ1) is 23.2. The van der Waals surface area contributed by atoms with Gasteiger partial charge in [0.1, 0.15) is 11.3 Å². The van der Waals surface area contributed by atoms with E-state index in [0.717, 1.165) is 43.3 Å². The molecule has 2 atom stereocenters. The zero-order chi connectivity index (χ0) is 23.7. The number of anilines is 1. The van der Waals surface area contributed by atoms with Crippen molar-refractivity contribution in [2.75, 3.05) is 31.7 Å². The van der Waals surface area contributed by atoms with E-state index < -0.39 is 0 Å². The molecule has 8 nitrogen and oxygen atoms in total. The van der Waals surface area contributed by atoms with Crippen LogP contribution in [0.1, 0.15) is 48.0 Å². The molecule has 3 aliphatic rings. The van der Waals surface area contributed by atoms with Gasteiger partial charge in [-0.15, -0.1) is 0 Å². The zero-order valence-electron chi connectivity index (χ0n) is 19.4. The average molecular weight is 487 g/mol. The van der Waals surface area contributed by atoms with Gasteiger partial charge in [-0.1, -0.05) is 17.7 Å². The number of aromatic nitrogens is 2. The van der Waals surface area contributed by atoms with Crippen molar-refractivity contribution in [1.29, 1.82) is 0 Å². The number of aliphatic hydroxyl groups excluding tert-OH is 1. The van der Waals surface area contributed by atoms with Crippen LogP contribution in [0.2, 0.25) is 5.02 Å². The van der Waals surface area contributed by atoms with Crippen molar-refractivity contribution in [3.63, 3.8) is 0 Å². The van der Waals surface area contributed by atoms with Gasteiger partial charge in [-0.25, -0.2) is 4.98 Å². The SMILES string of the molecule is COc1ccc(CCOc2nc(N3CC4CC4C3)ncc2C(=O)NC2CCC(O)CC2)cc1Cl. The Morgan fingerprint density at radius 3 is 2.71 bits per heavy atom. The maximum absolute atomic E-state index is 13.1. The summed E-state index contributed by atoms with van der Waals surface area (Å²) in [4.78, 5) is 24.4. The summed E-state index contributed by atoms with van der Waals surface area (Å²) >= 11 is 6.24. The maximum atomic E-state index is 13.1. The number of halogens is 1. The largest absolute Gasteiger partial charge is 0.495 e. The lowest BCUT2D eigenvalue weighted by molar-refractivity contribution is 0.0863. The van der Waals surface area contributed by atoms with Crippen LogP contribution in [0.25, 0.3) is 0 Å². The zero-order valence-corrected chi connectivity index (χ0v) is 20.1. The second kappa shape index (κ2) is 9.96. The van der Waals surface area contributed by atoms with Crippen molar-refractivity contribution in [3.05, 3.63) is 40.5 Å². The minimum Gasteiger partial charge on any atom is -0.495 e. The van der Waals surface area contributed by atoms with E-state index in [1.54, 1.807) is 13.3 Å². The Labute approximate surface area is 204 Å². The minimum atomic E-state index is -0.271. The minimum absolute atomic E-state index is 0.0376. The number of nitrogens with zero attached hydrogens (tertiary/aromatic N) is 3. The monoisotopic (exact) mass is 486 g/mol. The van der Waals surface area contributed by atoms with Gasteiger partial charge in [-0.3, -0.25) is 4.79 Å². The standard InChI is InChI=1S/C25H31ClN4O4/c1-33-22-7-2-15(10-21(22)26)8-9-34-24-20(23(32)28-18-3-5-19(31)6-4-18)12-27-25(29-24)30-13-16-11-17(16)14-30/h2,7,10,12,16-19,31H,3-6,8-9,11,13-14H2,1H3,(H,28,32). The number of amides is 1. The number of hydrogen-bond acceptors (Lipinski definition) is 7. The number of carbonyl (C=O) groups excluding carboxylic acids is 1. The molecule has 0 bridgehead atoms. The molecule has 182 valence electrons. The molecule has 2 N–H and O–H groups in total. The number of benzene rings is 1. The predicted molar refractivity (Wildman–Crippen MR) is 129 cm³/mol. The molecule has 1 aromatic carbocycles. The van der Waals surface area contributed by atoms with Crippen molar-refractivity contribution >= 4 is 23.5 Å². The Hall–Kier alpha value is -2.58. The van der Waals surface area contributed by atoms with Crippen LogP contribution in [-0.4, -0.2) is 59.9 Å². The third-order valence-corrected chi connectivity index (χ3v) is 7.42. The summed E-state index contributed by atoms with van der Waals surface area (Å²) in [6, 6.07) is 5.67. The van der Waals surface area contributed by atoms with E-state index in [-0.39, 0.29) is 18.1 Å². The number of methoxy groups -OCH3 is 1. The quantitative estimate of drug-likeness (QED) is 0.591. The second-order valence-electron chi connectivity index (χ2n) is 9.60. The summed E-state index contributed by atoms with van der Waals surface area (Å²) in [5.41, 5.74) is 1.35. The molecular formula is C25H31ClN4O4. The summed E-state index contributed by atoms with van der Waals surface area (Å²) in [5, 5.41) is 13.4. The van der Waals surface area contributed by atoms with E-state index in [2.05, 4.69) is 20.2 Å². The van der Waals surface area contributed by atoms with Crippen LogP contribution in [0.15, 0.2) is 24.4 Å². The molecule has 5 rings (SSSR count). The molecule has 9 heteroatoms. The van der Waals surface area contributed by atoms with Crippen LogP contribution in [0.5, 0.6) is 11.6 Å². The van der Waals surface area contributed by atoms with Crippen molar-refractivity contribution in [2.45, 2.75) is 50.7 Å². The summed E-state index contributed by atoms with van der Waals surface area (Å²) in [6.45, 7) is 2.27. The Bertz CT molecular complexity index is 1030. The van der Waals surface area contributed by atoms with Gasteiger partial charge in [0.15, 0.2) is 0 Å². The lowest BCUT2D eigenvalue weighted by Gasteiger charge is -2.26. The first-order chi connectivity index (χ1) is 16.5. The van der Waals surface area contributed by atoms with E-state index in [1.807, 2.05) is 18.2 Å². The molecule has 2 saturated carbocycles. The number of carbonyl (C=O) groups is 1. The van der Waals surface area contributed by atoms with Gasteiger partial charge in [0.05, 0.1) is 24.8 Å². The molecule has 1 amide bonds. The molecular weight excluding hydrogens is 456 g/mol. The normalized spacial score (nSPS) is 25.6. The van der Waals surface area contributed by atoms with Crippen LogP contribution < -0.4 is 19.7 Å². The molecule has 3 fully saturated rings. The van der Waals surface area contributed by atoms with E-state index in [4.69, 9.17) is 21.1 Å². The van der Waals surface area contributed by atoms with E-state index in [1.165, 1.54) is 6.42 Å². The van der Waals surface area contributed by atoms with Crippen LogP contribution in [0.4, 0.5) is 5.95 Å². The molecule has 2 unspecified atom stereocenters. The first-order valence-electron chi connectivity index (χ1n) is 12.1. The molecule has 2 heterocycles. The molecule has 1 aliphatic heterocycles. The highest BCUT2D eigenvalue weighted by Crippen LogP contribution is 2.45. The highest BCUT2D eigenvalue weighted by Gasteiger charge is 2.46. The number of aliphatic hydroxyl groups is 1. The fourth-order valence-electron chi connectivity index (χ4n) is 4.95. The average Bonchev–Trinajstić information content (AvgIpc) is 3.45. The summed E-state index contributed by atoms with van der Waals surface area (Å²) in [5.74, 6) is 2.81. The number of fused-ring (bicyclic) bond motifs is 1. The van der Waals surface area contributed by atoms with Gasteiger partial charge in [-0.2, -0.15) is 4.98 Å². The summed E-state index contributed by atoms with van der Waals surface area (Å²) < 4.78 is 11.3. The van der Waals surface area contributed by atoms with E-state index in [9.17, 15) is 9.90 Å². The van der Waals surface area contributed by atoms with Crippen molar-refractivity contribution in [1.82, 2.24) is 15.3 Å². The Morgan fingerprint density at radius 1 is 1.24 bits per heavy atom. The second-order valence-corrected chi connectivity index (χ2v) is 10.0. The van der Waals surface area contributed by atoms with Gasteiger partial charge < -0.3 is 24.8 Å². The molecule has 1 aromatic heterocycles. The predicted octanol–water partition coefficient (Wildman–Crippen LogP) is 3.25. The summed E-state index contributed by atoms with van der Waals surface area (Å²) in [6.07, 6.45) is 6.13. The number of nitrogens with one attached hydrogen (secondary N) is 1. The molecule has 0 spiro atoms. The topological polar surface area (TPSA) is 96.8 Å². The third kappa shape index (κ3) is 5.23. The molecule has 0 radical (unpaired) electrons. The van der Waals surface area contributed by atoms with Crippen molar-refractivity contribution < 1.29 is 19.4 Å². The van der Waals surface area contributed by atoms with Gasteiger partial charge >= 0.3 is 0 Å². The lowest BCUT2D eigenvalue weighted by Crippen LogP contribution is -2.39. The Balaban J connectivity index is 1.29. The van der Waals surface area contributed by atoms with Crippen molar-refractivity contribution in [3.8, 4) is 11.6 Å². The van der Waals surface area contributed by atoms with E-state index >= 15 is 0 Å². The van der Waals surface area contributed by atoms with E-state index in [0.29, 0.717) is 54.0 Å². The van der Waals surface area contributed by atoms with Crippen LogP contribution in [-0.2, 0) is 6.42 Å². The fourth-order valence-corrected chi connectivity index (χ4v) is 5.23. The Morgan fingerprint density at radius 2 is 2.00 bits per heavy atom. The van der Waals surface area contributed by atoms with Gasteiger partial charge in [0.2, 0.25) is 11.8 Å². The smallest absolute Gasteiger partial charge is 0.258 e. The van der Waals surface area contributed by atoms with Gasteiger partial charge in [-0.05, 0) is 61.6 Å². The van der Waals surface area contributed by atoms with Crippen molar-refractivity contribution in [2.24, 2.45) is 11.8 Å². The molecule has 2 aromatic rings. The fraction of sp³-hybridized carbons (Fsp3) is 0.560. The number of hydrogen-bond donors (Lipinski definition) is 2. The molecule has 2 aliphatic carbocycles. The van der Waals surface area contributed by atoms with Crippen LogP contribution >= 0.6 is 11.6 Å². The number of ether oxygens (including phenoxy) is 2. The van der Waals surface area contributed by atoms with Gasteiger partial charge in [0, 0.05) is 31.7 Å². The lowest BCUT2D eigenvalue weighted by atomic mass is 9.93.